The van der Waals surface area contributed by atoms with Crippen molar-refractivity contribution in [2.24, 2.45) is 0 Å². The number of carboxylic acid groups (broad SMARTS) is 1. The van der Waals surface area contributed by atoms with Crippen LogP contribution in [0.25, 0.3) is 0 Å². The molecule has 0 aliphatic carbocycles. The predicted octanol–water partition coefficient (Wildman–Crippen LogP) is 2.08. The van der Waals surface area contributed by atoms with Crippen molar-refractivity contribution in [3.8, 4) is 0 Å². The van der Waals surface area contributed by atoms with Crippen LogP contribution in [-0.2, 0) is 9.59 Å². The molecule has 1 atom stereocenters. The van der Waals surface area contributed by atoms with Crippen LogP contribution in [0.5, 0.6) is 0 Å². The number of amides is 1. The molecule has 0 bridgehead atoms. The predicted molar refractivity (Wildman–Crippen MR) is 69.5 cm³/mol. The molecular formula is C14H19NO3. The van der Waals surface area contributed by atoms with Crippen LogP contribution in [0.15, 0.2) is 24.3 Å². The number of carboxylic acids is 1. The smallest absolute Gasteiger partial charge is 0.303 e. The number of carbonyl (C=O) groups is 2. The monoisotopic (exact) mass is 249 g/mol. The number of hydrogen-bond acceptors (Lipinski definition) is 2. The molecule has 4 heteroatoms. The summed E-state index contributed by atoms with van der Waals surface area (Å²) in [5, 5.41) is 11.6. The fraction of sp³-hybridized carbons (Fsp3) is 0.429. The van der Waals surface area contributed by atoms with E-state index >= 15 is 0 Å². The molecule has 2 N–H and O–H groups in total. The zero-order valence-electron chi connectivity index (χ0n) is 10.8. The second-order valence-corrected chi connectivity index (χ2v) is 4.36. The van der Waals surface area contributed by atoms with Gasteiger partial charge < -0.3 is 10.4 Å². The molecule has 1 rings (SSSR count). The standard InChI is InChI=1S/C14H19NO3/c1-3-15-13(16)8-12(9-14(17)18)11-6-4-10(2)5-7-11/h4-7,12H,3,8-9H2,1-2H3,(H,15,16)(H,17,18). The molecule has 0 radical (unpaired) electrons. The Morgan fingerprint density at radius 1 is 1.22 bits per heavy atom. The molecule has 0 aromatic heterocycles. The van der Waals surface area contributed by atoms with Crippen molar-refractivity contribution >= 4 is 11.9 Å². The molecule has 0 heterocycles. The van der Waals surface area contributed by atoms with Gasteiger partial charge in [0.15, 0.2) is 0 Å². The Morgan fingerprint density at radius 2 is 1.83 bits per heavy atom. The molecule has 1 aromatic rings. The molecule has 18 heavy (non-hydrogen) atoms. The van der Waals surface area contributed by atoms with Gasteiger partial charge in [0.05, 0.1) is 6.42 Å². The van der Waals surface area contributed by atoms with E-state index in [0.29, 0.717) is 6.54 Å². The third-order valence-corrected chi connectivity index (χ3v) is 2.78. The van der Waals surface area contributed by atoms with E-state index in [0.717, 1.165) is 11.1 Å². The fourth-order valence-corrected chi connectivity index (χ4v) is 1.85. The summed E-state index contributed by atoms with van der Waals surface area (Å²) in [5.41, 5.74) is 2.01. The number of rotatable bonds is 6. The first-order valence-electron chi connectivity index (χ1n) is 6.08. The van der Waals surface area contributed by atoms with Gasteiger partial charge in [0.1, 0.15) is 0 Å². The molecular weight excluding hydrogens is 230 g/mol. The van der Waals surface area contributed by atoms with Crippen LogP contribution in [0, 0.1) is 6.92 Å². The fourth-order valence-electron chi connectivity index (χ4n) is 1.85. The lowest BCUT2D eigenvalue weighted by molar-refractivity contribution is -0.137. The van der Waals surface area contributed by atoms with Gasteiger partial charge in [0.2, 0.25) is 5.91 Å². The Kier molecular flexibility index (Phi) is 5.36. The second-order valence-electron chi connectivity index (χ2n) is 4.36. The molecule has 4 nitrogen and oxygen atoms in total. The van der Waals surface area contributed by atoms with Gasteiger partial charge in [-0.15, -0.1) is 0 Å². The Labute approximate surface area is 107 Å². The third-order valence-electron chi connectivity index (χ3n) is 2.78. The van der Waals surface area contributed by atoms with E-state index in [1.165, 1.54) is 0 Å². The highest BCUT2D eigenvalue weighted by Gasteiger charge is 2.18. The zero-order chi connectivity index (χ0) is 13.5. The molecule has 1 amide bonds. The van der Waals surface area contributed by atoms with Crippen LogP contribution in [0.2, 0.25) is 0 Å². The van der Waals surface area contributed by atoms with Gasteiger partial charge in [-0.3, -0.25) is 9.59 Å². The number of hydrogen-bond donors (Lipinski definition) is 2. The summed E-state index contributed by atoms with van der Waals surface area (Å²) in [6.07, 6.45) is 0.184. The molecule has 0 saturated heterocycles. The number of aliphatic carboxylic acids is 1. The Balaban J connectivity index is 2.80. The minimum atomic E-state index is -0.884. The van der Waals surface area contributed by atoms with Gasteiger partial charge in [0, 0.05) is 18.9 Å². The van der Waals surface area contributed by atoms with Gasteiger partial charge in [-0.1, -0.05) is 29.8 Å². The van der Waals surface area contributed by atoms with Crippen molar-refractivity contribution in [3.05, 3.63) is 35.4 Å². The molecule has 0 spiro atoms. The van der Waals surface area contributed by atoms with Gasteiger partial charge in [-0.25, -0.2) is 0 Å². The number of carbonyl (C=O) groups excluding carboxylic acids is 1. The minimum absolute atomic E-state index is 0.0276. The topological polar surface area (TPSA) is 66.4 Å². The van der Waals surface area contributed by atoms with Crippen LogP contribution in [-0.4, -0.2) is 23.5 Å². The summed E-state index contributed by atoms with van der Waals surface area (Å²) >= 11 is 0. The molecule has 1 aromatic carbocycles. The normalized spacial score (nSPS) is 11.9. The highest BCUT2D eigenvalue weighted by Crippen LogP contribution is 2.23. The quantitative estimate of drug-likeness (QED) is 0.811. The van der Waals surface area contributed by atoms with Crippen LogP contribution < -0.4 is 5.32 Å². The lowest BCUT2D eigenvalue weighted by atomic mass is 9.91. The van der Waals surface area contributed by atoms with Gasteiger partial charge in [0.25, 0.3) is 0 Å². The lowest BCUT2D eigenvalue weighted by Crippen LogP contribution is -2.25. The summed E-state index contributed by atoms with van der Waals surface area (Å²) in [5.74, 6) is -1.26. The summed E-state index contributed by atoms with van der Waals surface area (Å²) in [4.78, 5) is 22.4. The van der Waals surface area contributed by atoms with Crippen molar-refractivity contribution < 1.29 is 14.7 Å². The summed E-state index contributed by atoms with van der Waals surface area (Å²) in [6.45, 7) is 4.38. The first-order chi connectivity index (χ1) is 8.52. The molecule has 0 aliphatic heterocycles. The van der Waals surface area contributed by atoms with Crippen LogP contribution in [0.4, 0.5) is 0 Å². The van der Waals surface area contributed by atoms with E-state index < -0.39 is 5.97 Å². The van der Waals surface area contributed by atoms with Gasteiger partial charge in [-0.05, 0) is 19.4 Å². The maximum absolute atomic E-state index is 11.6. The molecule has 98 valence electrons. The van der Waals surface area contributed by atoms with Gasteiger partial charge in [-0.2, -0.15) is 0 Å². The van der Waals surface area contributed by atoms with Crippen molar-refractivity contribution in [2.75, 3.05) is 6.54 Å². The number of nitrogens with one attached hydrogen (secondary N) is 1. The van der Waals surface area contributed by atoms with E-state index in [1.807, 2.05) is 38.1 Å². The van der Waals surface area contributed by atoms with Crippen molar-refractivity contribution in [1.29, 1.82) is 0 Å². The van der Waals surface area contributed by atoms with E-state index in [-0.39, 0.29) is 24.7 Å². The minimum Gasteiger partial charge on any atom is -0.481 e. The van der Waals surface area contributed by atoms with Crippen molar-refractivity contribution in [2.45, 2.75) is 32.6 Å². The van der Waals surface area contributed by atoms with E-state index in [4.69, 9.17) is 5.11 Å². The highest BCUT2D eigenvalue weighted by atomic mass is 16.4. The molecule has 0 fully saturated rings. The SMILES string of the molecule is CCNC(=O)CC(CC(=O)O)c1ccc(C)cc1. The molecule has 1 unspecified atom stereocenters. The Morgan fingerprint density at radius 3 is 2.33 bits per heavy atom. The Bertz CT molecular complexity index is 412. The summed E-state index contributed by atoms with van der Waals surface area (Å²) in [7, 11) is 0. The van der Waals surface area contributed by atoms with Gasteiger partial charge >= 0.3 is 5.97 Å². The van der Waals surface area contributed by atoms with Crippen LogP contribution in [0.3, 0.4) is 0 Å². The summed E-state index contributed by atoms with van der Waals surface area (Å²) < 4.78 is 0. The first kappa shape index (κ1) is 14.2. The zero-order valence-corrected chi connectivity index (χ0v) is 10.8. The molecule has 0 saturated carbocycles. The van der Waals surface area contributed by atoms with E-state index in [1.54, 1.807) is 0 Å². The Hall–Kier alpha value is -1.84. The average molecular weight is 249 g/mol. The second kappa shape index (κ2) is 6.79. The lowest BCUT2D eigenvalue weighted by Gasteiger charge is -2.15. The highest BCUT2D eigenvalue weighted by molar-refractivity contribution is 5.78. The maximum Gasteiger partial charge on any atom is 0.303 e. The average Bonchev–Trinajstić information content (AvgIpc) is 2.28. The number of aryl methyl sites for hydroxylation is 1. The third kappa shape index (κ3) is 4.57. The van der Waals surface area contributed by atoms with E-state index in [9.17, 15) is 9.59 Å². The first-order valence-corrected chi connectivity index (χ1v) is 6.08. The largest absolute Gasteiger partial charge is 0.481 e. The van der Waals surface area contributed by atoms with Crippen LogP contribution >= 0.6 is 0 Å². The summed E-state index contributed by atoms with van der Waals surface area (Å²) in [6, 6.07) is 7.65. The number of benzene rings is 1. The van der Waals surface area contributed by atoms with Crippen LogP contribution in [0.1, 0.15) is 36.8 Å². The maximum atomic E-state index is 11.6. The molecule has 0 aliphatic rings. The van der Waals surface area contributed by atoms with Crippen molar-refractivity contribution in [3.63, 3.8) is 0 Å². The van der Waals surface area contributed by atoms with E-state index in [2.05, 4.69) is 5.32 Å². The van der Waals surface area contributed by atoms with Crippen molar-refractivity contribution in [1.82, 2.24) is 5.32 Å².